The molecule has 0 radical (unpaired) electrons. The minimum absolute atomic E-state index is 0.0473. The normalized spacial score (nSPS) is 14.4. The number of primary amides is 1. The maximum atomic E-state index is 14.0. The van der Waals surface area contributed by atoms with Crippen LogP contribution >= 0.6 is 11.5 Å². The number of carbonyl (C=O) groups excluding carboxylic acids is 3. The molecule has 1 fully saturated rings. The summed E-state index contributed by atoms with van der Waals surface area (Å²) in [5.74, 6) is -1.66. The van der Waals surface area contributed by atoms with E-state index in [0.717, 1.165) is 49.2 Å². The van der Waals surface area contributed by atoms with Crippen molar-refractivity contribution in [2.24, 2.45) is 5.73 Å². The summed E-state index contributed by atoms with van der Waals surface area (Å²) in [4.78, 5) is 45.0. The van der Waals surface area contributed by atoms with Crippen LogP contribution < -0.4 is 21.7 Å². The van der Waals surface area contributed by atoms with Gasteiger partial charge in [-0.25, -0.2) is 0 Å². The number of aryl methyl sites for hydroxylation is 1. The highest BCUT2D eigenvalue weighted by molar-refractivity contribution is 7.09. The topological polar surface area (TPSA) is 144 Å². The molecule has 10 heteroatoms. The van der Waals surface area contributed by atoms with Crippen molar-refractivity contribution in [1.29, 1.82) is 0 Å². The van der Waals surface area contributed by atoms with Gasteiger partial charge in [0.05, 0.1) is 5.69 Å². The Morgan fingerprint density at radius 2 is 1.77 bits per heavy atom. The number of amides is 3. The smallest absolute Gasteiger partial charge is 0.273 e. The lowest BCUT2D eigenvalue weighted by Gasteiger charge is -2.32. The zero-order chi connectivity index (χ0) is 24.9. The molecule has 1 aliphatic carbocycles. The van der Waals surface area contributed by atoms with Crippen LogP contribution in [0.15, 0.2) is 48.8 Å². The van der Waals surface area contributed by atoms with E-state index in [4.69, 9.17) is 11.5 Å². The third-order valence-electron chi connectivity index (χ3n) is 6.23. The summed E-state index contributed by atoms with van der Waals surface area (Å²) >= 11 is 0.789. The Morgan fingerprint density at radius 3 is 2.34 bits per heavy atom. The van der Waals surface area contributed by atoms with Crippen molar-refractivity contribution in [2.45, 2.75) is 51.1 Å². The number of nitrogens with two attached hydrogens (primary N) is 2. The van der Waals surface area contributed by atoms with E-state index in [0.29, 0.717) is 11.3 Å². The highest BCUT2D eigenvalue weighted by Gasteiger charge is 2.37. The monoisotopic (exact) mass is 492 g/mol. The van der Waals surface area contributed by atoms with Crippen LogP contribution in [-0.2, 0) is 11.2 Å². The molecule has 1 aliphatic rings. The summed E-state index contributed by atoms with van der Waals surface area (Å²) in [6.07, 6.45) is 7.91. The predicted molar refractivity (Wildman–Crippen MR) is 135 cm³/mol. The molecule has 9 nitrogen and oxygen atoms in total. The van der Waals surface area contributed by atoms with Gasteiger partial charge in [-0.1, -0.05) is 31.9 Å². The third kappa shape index (κ3) is 5.17. The maximum absolute atomic E-state index is 14.0. The number of anilines is 2. The van der Waals surface area contributed by atoms with E-state index < -0.39 is 17.9 Å². The highest BCUT2D eigenvalue weighted by atomic mass is 32.1. The first-order chi connectivity index (χ1) is 16.9. The molecule has 3 aromatic rings. The minimum Gasteiger partial charge on any atom is -0.395 e. The van der Waals surface area contributed by atoms with Gasteiger partial charge in [-0.2, -0.15) is 4.37 Å². The van der Waals surface area contributed by atoms with Crippen LogP contribution in [0.1, 0.15) is 69.9 Å². The molecule has 3 amide bonds. The summed E-state index contributed by atoms with van der Waals surface area (Å²) in [5, 5.41) is 3.12. The van der Waals surface area contributed by atoms with Gasteiger partial charge in [0.1, 0.15) is 10.9 Å². The Hall–Kier alpha value is -3.79. The molecule has 1 saturated carbocycles. The summed E-state index contributed by atoms with van der Waals surface area (Å²) in [5.41, 5.74) is 13.4. The van der Waals surface area contributed by atoms with Gasteiger partial charge in [-0.05, 0) is 66.2 Å². The van der Waals surface area contributed by atoms with Gasteiger partial charge in [0.25, 0.3) is 11.8 Å². The standard InChI is InChI=1S/C25H28N6O3S/c1-2-15-7-9-18(10-8-15)31(25(34)22-19(26)20(23(27)32)30-35-22)21(16-11-13-28-14-12-16)24(33)29-17-5-3-4-6-17/h7-14,17,21H,2-6,26H2,1H3,(H2,27,32)(H,29,33)/t21-/m0/s1. The van der Waals surface area contributed by atoms with Crippen molar-refractivity contribution in [2.75, 3.05) is 10.6 Å². The van der Waals surface area contributed by atoms with E-state index >= 15 is 0 Å². The molecule has 0 saturated heterocycles. The summed E-state index contributed by atoms with van der Waals surface area (Å²) < 4.78 is 3.98. The van der Waals surface area contributed by atoms with Crippen LogP contribution in [0.3, 0.4) is 0 Å². The number of nitrogens with zero attached hydrogens (tertiary/aromatic N) is 3. The van der Waals surface area contributed by atoms with E-state index in [1.165, 1.54) is 4.90 Å². The molecule has 0 bridgehead atoms. The van der Waals surface area contributed by atoms with Crippen LogP contribution in [0, 0.1) is 0 Å². The maximum Gasteiger partial charge on any atom is 0.273 e. The summed E-state index contributed by atoms with van der Waals surface area (Å²) in [6, 6.07) is 9.94. The van der Waals surface area contributed by atoms with Crippen molar-refractivity contribution >= 4 is 40.6 Å². The molecule has 2 heterocycles. The highest BCUT2D eigenvalue weighted by Crippen LogP contribution is 2.33. The third-order valence-corrected chi connectivity index (χ3v) is 7.08. The fourth-order valence-corrected chi connectivity index (χ4v) is 5.07. The van der Waals surface area contributed by atoms with E-state index in [9.17, 15) is 14.4 Å². The number of aromatic nitrogens is 2. The van der Waals surface area contributed by atoms with E-state index in [-0.39, 0.29) is 28.2 Å². The number of nitrogen functional groups attached to an aromatic ring is 1. The lowest BCUT2D eigenvalue weighted by molar-refractivity contribution is -0.123. The second-order valence-electron chi connectivity index (χ2n) is 8.51. The number of hydrogen-bond acceptors (Lipinski definition) is 7. The van der Waals surface area contributed by atoms with Crippen LogP contribution in [-0.4, -0.2) is 33.1 Å². The lowest BCUT2D eigenvalue weighted by Crippen LogP contribution is -2.46. The molecular formula is C25H28N6O3S. The largest absolute Gasteiger partial charge is 0.395 e. The number of rotatable bonds is 8. The van der Waals surface area contributed by atoms with Gasteiger partial charge >= 0.3 is 0 Å². The number of nitrogens with one attached hydrogen (secondary N) is 1. The second-order valence-corrected chi connectivity index (χ2v) is 9.28. The van der Waals surface area contributed by atoms with Crippen molar-refractivity contribution < 1.29 is 14.4 Å². The van der Waals surface area contributed by atoms with E-state index in [2.05, 4.69) is 14.7 Å². The first-order valence-electron chi connectivity index (χ1n) is 11.6. The molecule has 182 valence electrons. The second kappa shape index (κ2) is 10.6. The SMILES string of the molecule is CCc1ccc(N(C(=O)c2snc(C(N)=O)c2N)[C@H](C(=O)NC2CCCC2)c2ccncc2)cc1. The molecular weight excluding hydrogens is 464 g/mol. The molecule has 1 atom stereocenters. The Kier molecular flexibility index (Phi) is 7.40. The van der Waals surface area contributed by atoms with Crippen molar-refractivity contribution in [1.82, 2.24) is 14.7 Å². The van der Waals surface area contributed by atoms with Gasteiger partial charge in [0.2, 0.25) is 5.91 Å². The Balaban J connectivity index is 1.83. The molecule has 0 unspecified atom stereocenters. The number of benzene rings is 1. The lowest BCUT2D eigenvalue weighted by atomic mass is 10.0. The fraction of sp³-hybridized carbons (Fsp3) is 0.320. The number of pyridine rings is 1. The average molecular weight is 493 g/mol. The van der Waals surface area contributed by atoms with Crippen LogP contribution in [0.25, 0.3) is 0 Å². The van der Waals surface area contributed by atoms with Gasteiger partial charge in [-0.15, -0.1) is 0 Å². The first-order valence-corrected chi connectivity index (χ1v) is 12.4. The van der Waals surface area contributed by atoms with Gasteiger partial charge in [0.15, 0.2) is 5.69 Å². The number of hydrogen-bond donors (Lipinski definition) is 3. The Bertz CT molecular complexity index is 1210. The molecule has 1 aromatic carbocycles. The molecule has 0 spiro atoms. The number of carbonyl (C=O) groups is 3. The first kappa shape index (κ1) is 24.3. The predicted octanol–water partition coefficient (Wildman–Crippen LogP) is 3.23. The van der Waals surface area contributed by atoms with E-state index in [1.807, 2.05) is 19.1 Å². The summed E-state index contributed by atoms with van der Waals surface area (Å²) in [7, 11) is 0. The van der Waals surface area contributed by atoms with Crippen LogP contribution in [0.4, 0.5) is 11.4 Å². The van der Waals surface area contributed by atoms with Crippen molar-refractivity contribution in [3.05, 3.63) is 70.5 Å². The fourth-order valence-electron chi connectivity index (χ4n) is 4.33. The Morgan fingerprint density at radius 1 is 1.11 bits per heavy atom. The Labute approximate surface area is 207 Å². The minimum atomic E-state index is -0.989. The molecule has 0 aliphatic heterocycles. The zero-order valence-electron chi connectivity index (χ0n) is 19.4. The zero-order valence-corrected chi connectivity index (χ0v) is 20.3. The van der Waals surface area contributed by atoms with Crippen molar-refractivity contribution in [3.63, 3.8) is 0 Å². The van der Waals surface area contributed by atoms with Gasteiger partial charge in [0, 0.05) is 24.1 Å². The molecule has 4 rings (SSSR count). The van der Waals surface area contributed by atoms with Gasteiger partial charge < -0.3 is 16.8 Å². The molecule has 2 aromatic heterocycles. The molecule has 5 N–H and O–H groups in total. The van der Waals surface area contributed by atoms with Crippen LogP contribution in [0.2, 0.25) is 0 Å². The van der Waals surface area contributed by atoms with Crippen molar-refractivity contribution in [3.8, 4) is 0 Å². The molecule has 35 heavy (non-hydrogen) atoms. The quantitative estimate of drug-likeness (QED) is 0.440. The average Bonchev–Trinajstić information content (AvgIpc) is 3.52. The summed E-state index contributed by atoms with van der Waals surface area (Å²) in [6.45, 7) is 2.04. The van der Waals surface area contributed by atoms with Gasteiger partial charge in [-0.3, -0.25) is 24.3 Å². The van der Waals surface area contributed by atoms with E-state index in [1.54, 1.807) is 36.7 Å². The van der Waals surface area contributed by atoms with Crippen LogP contribution in [0.5, 0.6) is 0 Å².